The average molecular weight is 485 g/mol. The number of hydrogen-bond donors (Lipinski definition) is 0. The van der Waals surface area contributed by atoms with Gasteiger partial charge in [0, 0.05) is 11.1 Å². The van der Waals surface area contributed by atoms with E-state index in [9.17, 15) is 18.0 Å². The van der Waals surface area contributed by atoms with Crippen LogP contribution in [0.3, 0.4) is 0 Å². The standard InChI is InChI=1S/C29H24O5S/c1-21-10-16-27(17-11-21)35(32,33)20-23-6-5-9-26(18-23)29(31)34-19-22-12-14-25(15-13-22)28(30)24-7-3-2-4-8-24/h2-18H,19-20H2,1H3. The molecule has 4 aromatic carbocycles. The number of ether oxygens (including phenoxy) is 1. The fourth-order valence-corrected chi connectivity index (χ4v) is 4.91. The summed E-state index contributed by atoms with van der Waals surface area (Å²) in [4.78, 5) is 25.3. The summed E-state index contributed by atoms with van der Waals surface area (Å²) in [5.41, 5.74) is 3.65. The molecule has 0 aliphatic rings. The molecule has 35 heavy (non-hydrogen) atoms. The minimum absolute atomic E-state index is 0.0323. The van der Waals surface area contributed by atoms with E-state index in [0.717, 1.165) is 11.1 Å². The van der Waals surface area contributed by atoms with Gasteiger partial charge in [0.25, 0.3) is 0 Å². The Labute approximate surface area is 204 Å². The van der Waals surface area contributed by atoms with Gasteiger partial charge in [0.05, 0.1) is 16.2 Å². The smallest absolute Gasteiger partial charge is 0.338 e. The number of esters is 1. The van der Waals surface area contributed by atoms with Gasteiger partial charge in [-0.25, -0.2) is 13.2 Å². The summed E-state index contributed by atoms with van der Waals surface area (Å²) in [7, 11) is -3.54. The molecule has 6 heteroatoms. The molecular formula is C29H24O5S. The van der Waals surface area contributed by atoms with Gasteiger partial charge in [0.2, 0.25) is 0 Å². The van der Waals surface area contributed by atoms with Crippen LogP contribution < -0.4 is 0 Å². The minimum atomic E-state index is -3.54. The summed E-state index contributed by atoms with van der Waals surface area (Å²) < 4.78 is 30.9. The molecule has 4 aromatic rings. The molecule has 0 saturated heterocycles. The number of carbonyl (C=O) groups is 2. The zero-order valence-corrected chi connectivity index (χ0v) is 20.0. The van der Waals surface area contributed by atoms with Crippen molar-refractivity contribution in [3.8, 4) is 0 Å². The molecule has 0 aliphatic heterocycles. The van der Waals surface area contributed by atoms with E-state index in [1.807, 2.05) is 25.1 Å². The van der Waals surface area contributed by atoms with E-state index >= 15 is 0 Å². The highest BCUT2D eigenvalue weighted by atomic mass is 32.2. The lowest BCUT2D eigenvalue weighted by Gasteiger charge is -2.09. The number of carbonyl (C=O) groups excluding carboxylic acids is 2. The SMILES string of the molecule is Cc1ccc(S(=O)(=O)Cc2cccc(C(=O)OCc3ccc(C(=O)c4ccccc4)cc3)c2)cc1. The van der Waals surface area contributed by atoms with E-state index < -0.39 is 15.8 Å². The van der Waals surface area contributed by atoms with Crippen molar-refractivity contribution in [2.45, 2.75) is 24.2 Å². The Kier molecular flexibility index (Phi) is 7.22. The lowest BCUT2D eigenvalue weighted by molar-refractivity contribution is 0.0472. The van der Waals surface area contributed by atoms with Crippen LogP contribution in [0.25, 0.3) is 0 Å². The van der Waals surface area contributed by atoms with Gasteiger partial charge in [-0.1, -0.05) is 84.4 Å². The third-order valence-corrected chi connectivity index (χ3v) is 7.23. The number of sulfone groups is 1. The molecule has 0 spiro atoms. The van der Waals surface area contributed by atoms with Crippen molar-refractivity contribution in [2.75, 3.05) is 0 Å². The molecule has 176 valence electrons. The first-order valence-electron chi connectivity index (χ1n) is 11.1. The van der Waals surface area contributed by atoms with Crippen molar-refractivity contribution in [3.63, 3.8) is 0 Å². The first-order chi connectivity index (χ1) is 16.8. The predicted octanol–water partition coefficient (Wildman–Crippen LogP) is 5.56. The van der Waals surface area contributed by atoms with Crippen LogP contribution in [0.2, 0.25) is 0 Å². The maximum atomic E-state index is 12.7. The first kappa shape index (κ1) is 24.1. The molecule has 0 heterocycles. The Hall–Kier alpha value is -4.03. The van der Waals surface area contributed by atoms with Crippen molar-refractivity contribution < 1.29 is 22.7 Å². The lowest BCUT2D eigenvalue weighted by Crippen LogP contribution is -2.08. The van der Waals surface area contributed by atoms with Gasteiger partial charge in [0.1, 0.15) is 6.61 Å². The van der Waals surface area contributed by atoms with Gasteiger partial charge >= 0.3 is 5.97 Å². The van der Waals surface area contributed by atoms with Crippen molar-refractivity contribution in [1.29, 1.82) is 0 Å². The first-order valence-corrected chi connectivity index (χ1v) is 12.7. The number of hydrogen-bond acceptors (Lipinski definition) is 5. The molecule has 0 aliphatic carbocycles. The quantitative estimate of drug-likeness (QED) is 0.242. The fourth-order valence-electron chi connectivity index (χ4n) is 3.58. The molecule has 5 nitrogen and oxygen atoms in total. The summed E-state index contributed by atoms with van der Waals surface area (Å²) in [6, 6.07) is 29.0. The molecule has 4 rings (SSSR count). The van der Waals surface area contributed by atoms with Gasteiger partial charge in [-0.2, -0.15) is 0 Å². The number of benzene rings is 4. The van der Waals surface area contributed by atoms with Crippen LogP contribution in [-0.4, -0.2) is 20.2 Å². The van der Waals surface area contributed by atoms with Crippen molar-refractivity contribution >= 4 is 21.6 Å². The summed E-state index contributed by atoms with van der Waals surface area (Å²) in [6.07, 6.45) is 0. The molecule has 0 fully saturated rings. The number of aryl methyl sites for hydroxylation is 1. The van der Waals surface area contributed by atoms with Crippen LogP contribution in [0.5, 0.6) is 0 Å². The van der Waals surface area contributed by atoms with Gasteiger partial charge in [0.15, 0.2) is 15.6 Å². The van der Waals surface area contributed by atoms with Crippen LogP contribution in [0.15, 0.2) is 108 Å². The predicted molar refractivity (Wildman–Crippen MR) is 134 cm³/mol. The Balaban J connectivity index is 1.38. The van der Waals surface area contributed by atoms with Gasteiger partial charge in [-0.15, -0.1) is 0 Å². The Morgan fingerprint density at radius 3 is 2.00 bits per heavy atom. The minimum Gasteiger partial charge on any atom is -0.457 e. The van der Waals surface area contributed by atoms with E-state index in [1.54, 1.807) is 78.9 Å². The maximum Gasteiger partial charge on any atom is 0.338 e. The topological polar surface area (TPSA) is 77.5 Å². The Morgan fingerprint density at radius 1 is 0.686 bits per heavy atom. The summed E-state index contributed by atoms with van der Waals surface area (Å²) >= 11 is 0. The van der Waals surface area contributed by atoms with E-state index in [1.165, 1.54) is 6.07 Å². The summed E-state index contributed by atoms with van der Waals surface area (Å²) in [5.74, 6) is -0.843. The van der Waals surface area contributed by atoms with E-state index in [-0.39, 0.29) is 28.6 Å². The monoisotopic (exact) mass is 484 g/mol. The molecule has 0 N–H and O–H groups in total. The average Bonchev–Trinajstić information content (AvgIpc) is 2.88. The van der Waals surface area contributed by atoms with Gasteiger partial charge < -0.3 is 4.74 Å². The van der Waals surface area contributed by atoms with Crippen molar-refractivity contribution in [3.05, 3.63) is 137 Å². The van der Waals surface area contributed by atoms with E-state index in [4.69, 9.17) is 4.74 Å². The van der Waals surface area contributed by atoms with Crippen LogP contribution in [0, 0.1) is 6.92 Å². The highest BCUT2D eigenvalue weighted by Gasteiger charge is 2.17. The van der Waals surface area contributed by atoms with Crippen LogP contribution in [0.4, 0.5) is 0 Å². The molecule has 0 unspecified atom stereocenters. The largest absolute Gasteiger partial charge is 0.457 e. The van der Waals surface area contributed by atoms with E-state index in [2.05, 4.69) is 0 Å². The van der Waals surface area contributed by atoms with Gasteiger partial charge in [-0.3, -0.25) is 4.79 Å². The molecular weight excluding hydrogens is 460 g/mol. The molecule has 0 bridgehead atoms. The lowest BCUT2D eigenvalue weighted by atomic mass is 10.0. The second-order valence-electron chi connectivity index (χ2n) is 8.24. The van der Waals surface area contributed by atoms with Crippen molar-refractivity contribution in [1.82, 2.24) is 0 Å². The van der Waals surface area contributed by atoms with Crippen molar-refractivity contribution in [2.24, 2.45) is 0 Å². The number of rotatable bonds is 8. The Morgan fingerprint density at radius 2 is 1.31 bits per heavy atom. The maximum absolute atomic E-state index is 12.7. The second-order valence-corrected chi connectivity index (χ2v) is 10.2. The molecule has 0 aromatic heterocycles. The highest BCUT2D eigenvalue weighted by molar-refractivity contribution is 7.90. The molecule has 0 atom stereocenters. The fraction of sp³-hybridized carbons (Fsp3) is 0.103. The van der Waals surface area contributed by atoms with Crippen LogP contribution >= 0.6 is 0 Å². The summed E-state index contributed by atoms with van der Waals surface area (Å²) in [6.45, 7) is 1.93. The van der Waals surface area contributed by atoms with E-state index in [0.29, 0.717) is 16.7 Å². The summed E-state index contributed by atoms with van der Waals surface area (Å²) in [5, 5.41) is 0. The van der Waals surface area contributed by atoms with Crippen LogP contribution in [0.1, 0.15) is 43.0 Å². The zero-order chi connectivity index (χ0) is 24.8. The number of ketones is 1. The molecule has 0 radical (unpaired) electrons. The molecule has 0 saturated carbocycles. The van der Waals surface area contributed by atoms with Crippen LogP contribution in [-0.2, 0) is 26.9 Å². The van der Waals surface area contributed by atoms with Gasteiger partial charge in [-0.05, 0) is 42.3 Å². The Bertz CT molecular complexity index is 1440. The third kappa shape index (κ3) is 6.11. The zero-order valence-electron chi connectivity index (χ0n) is 19.2. The second kappa shape index (κ2) is 10.5. The normalized spacial score (nSPS) is 11.1. The highest BCUT2D eigenvalue weighted by Crippen LogP contribution is 2.19. The molecule has 0 amide bonds. The third-order valence-electron chi connectivity index (χ3n) is 5.52.